The van der Waals surface area contributed by atoms with E-state index < -0.39 is 0 Å². The summed E-state index contributed by atoms with van der Waals surface area (Å²) in [5.74, 6) is 1.60. The Bertz CT molecular complexity index is 917. The molecule has 0 saturated heterocycles. The van der Waals surface area contributed by atoms with Crippen LogP contribution in [-0.4, -0.2) is 5.78 Å². The zero-order valence-electron chi connectivity index (χ0n) is 15.2. The minimum Gasteiger partial charge on any atom is -0.485 e. The Balaban J connectivity index is 1.62. The van der Waals surface area contributed by atoms with Crippen LogP contribution in [-0.2, 0) is 19.6 Å². The number of fused-ring (bicyclic) bond motifs is 1. The van der Waals surface area contributed by atoms with Crippen molar-refractivity contribution in [1.82, 2.24) is 0 Å². The molecule has 0 radical (unpaired) electrons. The largest absolute Gasteiger partial charge is 0.485 e. The van der Waals surface area contributed by atoms with E-state index in [-0.39, 0.29) is 5.78 Å². The molecule has 0 N–H and O–H groups in total. The van der Waals surface area contributed by atoms with Crippen molar-refractivity contribution in [2.24, 2.45) is 0 Å². The van der Waals surface area contributed by atoms with Crippen LogP contribution >= 0.6 is 0 Å². The number of Topliss-reactive ketones (excluding diaryl/α,β-unsaturated/α-hetero) is 1. The molecule has 3 aromatic carbocycles. The van der Waals surface area contributed by atoms with Crippen LogP contribution in [0, 0.1) is 0 Å². The molecule has 0 amide bonds. The maximum atomic E-state index is 12.3. The molecule has 0 aliphatic heterocycles. The van der Waals surface area contributed by atoms with Crippen LogP contribution < -0.4 is 9.47 Å². The van der Waals surface area contributed by atoms with Crippen molar-refractivity contribution in [2.45, 2.75) is 32.5 Å². The molecule has 3 aromatic rings. The van der Waals surface area contributed by atoms with Gasteiger partial charge in [0.1, 0.15) is 13.2 Å². The Morgan fingerprint density at radius 2 is 1.33 bits per heavy atom. The number of carbonyl (C=O) groups is 1. The van der Waals surface area contributed by atoms with Gasteiger partial charge < -0.3 is 9.47 Å². The first-order valence-electron chi connectivity index (χ1n) is 9.34. The van der Waals surface area contributed by atoms with E-state index in [0.29, 0.717) is 31.1 Å². The summed E-state index contributed by atoms with van der Waals surface area (Å²) < 4.78 is 12.3. The number of hydrogen-bond donors (Lipinski definition) is 0. The van der Waals surface area contributed by atoms with Crippen molar-refractivity contribution in [3.05, 3.63) is 95.1 Å². The summed E-state index contributed by atoms with van der Waals surface area (Å²) in [7, 11) is 0. The van der Waals surface area contributed by atoms with Crippen molar-refractivity contribution >= 4 is 5.78 Å². The molecule has 0 atom stereocenters. The number of benzene rings is 3. The molecule has 0 unspecified atom stereocenters. The van der Waals surface area contributed by atoms with Crippen LogP contribution in [0.25, 0.3) is 0 Å². The van der Waals surface area contributed by atoms with Crippen LogP contribution in [0.1, 0.15) is 39.9 Å². The van der Waals surface area contributed by atoms with Crippen LogP contribution in [0.4, 0.5) is 0 Å². The third-order valence-electron chi connectivity index (χ3n) is 4.82. The van der Waals surface area contributed by atoms with Crippen LogP contribution in [0.3, 0.4) is 0 Å². The smallest absolute Gasteiger partial charge is 0.165 e. The zero-order chi connectivity index (χ0) is 18.5. The maximum Gasteiger partial charge on any atom is 0.165 e. The number of rotatable bonds is 6. The van der Waals surface area contributed by atoms with Gasteiger partial charge >= 0.3 is 0 Å². The third-order valence-corrected chi connectivity index (χ3v) is 4.82. The van der Waals surface area contributed by atoms with Gasteiger partial charge in [0.25, 0.3) is 0 Å². The summed E-state index contributed by atoms with van der Waals surface area (Å²) in [5, 5.41) is 0. The van der Waals surface area contributed by atoms with E-state index in [1.54, 1.807) is 0 Å². The van der Waals surface area contributed by atoms with E-state index >= 15 is 0 Å². The molecule has 0 spiro atoms. The summed E-state index contributed by atoms with van der Waals surface area (Å²) in [6, 6.07) is 23.8. The van der Waals surface area contributed by atoms with Gasteiger partial charge in [-0.15, -0.1) is 0 Å². The topological polar surface area (TPSA) is 35.5 Å². The predicted octanol–water partition coefficient (Wildman–Crippen LogP) is 5.36. The Hall–Kier alpha value is -3.07. The Labute approximate surface area is 159 Å². The first kappa shape index (κ1) is 17.3. The zero-order valence-corrected chi connectivity index (χ0v) is 15.2. The maximum absolute atomic E-state index is 12.3. The molecule has 27 heavy (non-hydrogen) atoms. The highest BCUT2D eigenvalue weighted by Gasteiger charge is 2.24. The van der Waals surface area contributed by atoms with Crippen molar-refractivity contribution in [3.63, 3.8) is 0 Å². The lowest BCUT2D eigenvalue weighted by Gasteiger charge is -2.22. The molecule has 3 nitrogen and oxygen atoms in total. The number of carbonyl (C=O) groups excluding carboxylic acids is 1. The second-order valence-electron chi connectivity index (χ2n) is 6.74. The van der Waals surface area contributed by atoms with Gasteiger partial charge in [-0.1, -0.05) is 60.7 Å². The molecule has 4 rings (SSSR count). The fraction of sp³-hybridized carbons (Fsp3) is 0.208. The Kier molecular flexibility index (Phi) is 5.20. The minimum absolute atomic E-state index is 0.190. The molecule has 0 aromatic heterocycles. The SMILES string of the molecule is O=C1CCCc2c1ccc(OCc1ccccc1)c2OCc1ccccc1. The monoisotopic (exact) mass is 358 g/mol. The molecule has 0 heterocycles. The van der Waals surface area contributed by atoms with Gasteiger partial charge in [0, 0.05) is 17.5 Å². The van der Waals surface area contributed by atoms with E-state index in [4.69, 9.17) is 9.47 Å². The average molecular weight is 358 g/mol. The lowest BCUT2D eigenvalue weighted by atomic mass is 9.89. The van der Waals surface area contributed by atoms with E-state index in [2.05, 4.69) is 0 Å². The standard InChI is InChI=1S/C24H22O3/c25-22-13-7-12-21-20(22)14-15-23(26-16-18-8-3-1-4-9-18)24(21)27-17-19-10-5-2-6-11-19/h1-6,8-11,14-15H,7,12-13,16-17H2. The quantitative estimate of drug-likeness (QED) is 0.595. The van der Waals surface area contributed by atoms with Crippen LogP contribution in [0.5, 0.6) is 11.5 Å². The second kappa shape index (κ2) is 8.09. The normalized spacial score (nSPS) is 13.1. The van der Waals surface area contributed by atoms with Crippen LogP contribution in [0.2, 0.25) is 0 Å². The molecule has 0 bridgehead atoms. The highest BCUT2D eigenvalue weighted by atomic mass is 16.5. The number of hydrogen-bond acceptors (Lipinski definition) is 3. The van der Waals surface area contributed by atoms with E-state index in [9.17, 15) is 4.79 Å². The summed E-state index contributed by atoms with van der Waals surface area (Å²) in [5.41, 5.74) is 3.94. The fourth-order valence-electron chi connectivity index (χ4n) is 3.41. The molecular formula is C24H22O3. The first-order valence-corrected chi connectivity index (χ1v) is 9.34. The first-order chi connectivity index (χ1) is 13.3. The van der Waals surface area contributed by atoms with Gasteiger partial charge in [-0.05, 0) is 36.1 Å². The molecule has 0 saturated carbocycles. The van der Waals surface area contributed by atoms with Gasteiger partial charge in [-0.3, -0.25) is 4.79 Å². The van der Waals surface area contributed by atoms with Crippen molar-refractivity contribution in [3.8, 4) is 11.5 Å². The minimum atomic E-state index is 0.190. The molecule has 3 heteroatoms. The summed E-state index contributed by atoms with van der Waals surface area (Å²) >= 11 is 0. The van der Waals surface area contributed by atoms with Crippen molar-refractivity contribution in [1.29, 1.82) is 0 Å². The summed E-state index contributed by atoms with van der Waals surface area (Å²) in [6.45, 7) is 0.919. The van der Waals surface area contributed by atoms with E-state index in [0.717, 1.165) is 35.1 Å². The third kappa shape index (κ3) is 4.03. The molecule has 136 valence electrons. The summed E-state index contributed by atoms with van der Waals surface area (Å²) in [4.78, 5) is 12.3. The highest BCUT2D eigenvalue weighted by Crippen LogP contribution is 2.38. The summed E-state index contributed by atoms with van der Waals surface area (Å²) in [6.07, 6.45) is 2.30. The number of ketones is 1. The Morgan fingerprint density at radius 3 is 2.00 bits per heavy atom. The molecule has 1 aliphatic carbocycles. The lowest BCUT2D eigenvalue weighted by Crippen LogP contribution is -2.13. The van der Waals surface area contributed by atoms with Gasteiger partial charge in [0.15, 0.2) is 17.3 Å². The van der Waals surface area contributed by atoms with E-state index in [1.807, 2.05) is 72.8 Å². The molecule has 0 fully saturated rings. The van der Waals surface area contributed by atoms with Gasteiger partial charge in [0.2, 0.25) is 0 Å². The second-order valence-corrected chi connectivity index (χ2v) is 6.74. The van der Waals surface area contributed by atoms with Gasteiger partial charge in [0.05, 0.1) is 0 Å². The van der Waals surface area contributed by atoms with E-state index in [1.165, 1.54) is 0 Å². The average Bonchev–Trinajstić information content (AvgIpc) is 2.72. The molecular weight excluding hydrogens is 336 g/mol. The van der Waals surface area contributed by atoms with Gasteiger partial charge in [-0.25, -0.2) is 0 Å². The molecule has 1 aliphatic rings. The number of ether oxygens (including phenoxy) is 2. The van der Waals surface area contributed by atoms with Crippen molar-refractivity contribution in [2.75, 3.05) is 0 Å². The predicted molar refractivity (Wildman–Crippen MR) is 105 cm³/mol. The lowest BCUT2D eigenvalue weighted by molar-refractivity contribution is 0.0971. The van der Waals surface area contributed by atoms with Crippen molar-refractivity contribution < 1.29 is 14.3 Å². The van der Waals surface area contributed by atoms with Crippen LogP contribution in [0.15, 0.2) is 72.8 Å². The Morgan fingerprint density at radius 1 is 0.704 bits per heavy atom. The van der Waals surface area contributed by atoms with Gasteiger partial charge in [-0.2, -0.15) is 0 Å². The fourth-order valence-corrected chi connectivity index (χ4v) is 3.41. The highest BCUT2D eigenvalue weighted by molar-refractivity contribution is 5.99.